The number of hydrogen-bond donors (Lipinski definition) is 2. The summed E-state index contributed by atoms with van der Waals surface area (Å²) in [5.74, 6) is -0.240. The van der Waals surface area contributed by atoms with E-state index in [1.807, 2.05) is 38.1 Å². The first-order valence-corrected chi connectivity index (χ1v) is 6.81. The van der Waals surface area contributed by atoms with Gasteiger partial charge in [0.2, 0.25) is 0 Å². The first-order chi connectivity index (χ1) is 9.49. The molecule has 104 valence electrons. The molecular weight excluding hydrogens is 271 g/mol. The number of nitrogens with two attached hydrogens (primary N) is 1. The second-order valence-corrected chi connectivity index (χ2v) is 5.22. The van der Waals surface area contributed by atoms with Gasteiger partial charge >= 0.3 is 0 Å². The molecule has 0 radical (unpaired) electrons. The normalized spacial score (nSPS) is 11.9. The van der Waals surface area contributed by atoms with E-state index in [9.17, 15) is 4.39 Å². The zero-order chi connectivity index (χ0) is 14.7. The smallest absolute Gasteiger partial charge is 0.123 e. The Bertz CT molecular complexity index is 640. The van der Waals surface area contributed by atoms with E-state index in [1.54, 1.807) is 6.07 Å². The lowest BCUT2D eigenvalue weighted by Crippen LogP contribution is -2.16. The quantitative estimate of drug-likeness (QED) is 0.837. The summed E-state index contributed by atoms with van der Waals surface area (Å²) in [5.41, 5.74) is 9.39. The Labute approximate surface area is 123 Å². The fourth-order valence-corrected chi connectivity index (χ4v) is 2.31. The number of anilines is 1. The van der Waals surface area contributed by atoms with E-state index in [0.29, 0.717) is 4.99 Å². The van der Waals surface area contributed by atoms with Crippen LogP contribution in [-0.2, 0) is 0 Å². The maximum atomic E-state index is 13.3. The highest BCUT2D eigenvalue weighted by Gasteiger charge is 2.12. The molecule has 0 heterocycles. The van der Waals surface area contributed by atoms with Crippen molar-refractivity contribution in [2.45, 2.75) is 19.9 Å². The van der Waals surface area contributed by atoms with E-state index < -0.39 is 0 Å². The third-order valence-corrected chi connectivity index (χ3v) is 3.47. The van der Waals surface area contributed by atoms with E-state index in [-0.39, 0.29) is 11.9 Å². The summed E-state index contributed by atoms with van der Waals surface area (Å²) < 4.78 is 13.3. The summed E-state index contributed by atoms with van der Waals surface area (Å²) in [5, 5.41) is 3.37. The first kappa shape index (κ1) is 14.5. The number of thiocarbonyl (C=S) groups is 1. The van der Waals surface area contributed by atoms with Crippen LogP contribution in [0, 0.1) is 12.7 Å². The lowest BCUT2D eigenvalue weighted by atomic mass is 10.0. The number of nitrogens with one attached hydrogen (secondary N) is 1. The standard InChI is InChI=1S/C16H17FN2S/c1-10-5-3-8-14(16(18)20)15(10)19-11(2)12-6-4-7-13(17)9-12/h3-9,11,19H,1-2H3,(H2,18,20). The molecule has 1 unspecified atom stereocenters. The summed E-state index contributed by atoms with van der Waals surface area (Å²) in [6, 6.07) is 12.3. The van der Waals surface area contributed by atoms with E-state index in [1.165, 1.54) is 12.1 Å². The number of para-hydroxylation sites is 1. The molecule has 0 spiro atoms. The van der Waals surface area contributed by atoms with Crippen molar-refractivity contribution in [2.24, 2.45) is 5.73 Å². The Hall–Kier alpha value is -1.94. The topological polar surface area (TPSA) is 38.0 Å². The van der Waals surface area contributed by atoms with Gasteiger partial charge in [-0.1, -0.05) is 36.5 Å². The molecule has 2 nitrogen and oxygen atoms in total. The van der Waals surface area contributed by atoms with Gasteiger partial charge in [-0.2, -0.15) is 0 Å². The summed E-state index contributed by atoms with van der Waals surface area (Å²) in [7, 11) is 0. The molecule has 0 aliphatic carbocycles. The van der Waals surface area contributed by atoms with E-state index in [2.05, 4.69) is 5.32 Å². The predicted molar refractivity (Wildman–Crippen MR) is 85.5 cm³/mol. The molecule has 0 aliphatic heterocycles. The average Bonchev–Trinajstić information content (AvgIpc) is 2.40. The fourth-order valence-electron chi connectivity index (χ4n) is 2.14. The van der Waals surface area contributed by atoms with Crippen LogP contribution in [0.3, 0.4) is 0 Å². The third-order valence-electron chi connectivity index (χ3n) is 3.25. The van der Waals surface area contributed by atoms with Gasteiger partial charge in [0.15, 0.2) is 0 Å². The molecule has 20 heavy (non-hydrogen) atoms. The molecule has 1 atom stereocenters. The molecule has 0 saturated carbocycles. The molecular formula is C16H17FN2S. The molecule has 4 heteroatoms. The van der Waals surface area contributed by atoms with Gasteiger partial charge in [0.25, 0.3) is 0 Å². The van der Waals surface area contributed by atoms with E-state index in [0.717, 1.165) is 22.4 Å². The van der Waals surface area contributed by atoms with Crippen molar-refractivity contribution in [3.05, 3.63) is 65.0 Å². The molecule has 2 aromatic carbocycles. The van der Waals surface area contributed by atoms with E-state index >= 15 is 0 Å². The van der Waals surface area contributed by atoms with Crippen LogP contribution in [-0.4, -0.2) is 4.99 Å². The van der Waals surface area contributed by atoms with Gasteiger partial charge in [-0.25, -0.2) is 4.39 Å². The second kappa shape index (κ2) is 6.01. The van der Waals surface area contributed by atoms with Crippen LogP contribution in [0.25, 0.3) is 0 Å². The number of rotatable bonds is 4. The highest BCUT2D eigenvalue weighted by Crippen LogP contribution is 2.26. The molecule has 0 amide bonds. The summed E-state index contributed by atoms with van der Waals surface area (Å²) in [4.78, 5) is 0.350. The monoisotopic (exact) mass is 288 g/mol. The Morgan fingerprint density at radius 1 is 1.25 bits per heavy atom. The number of benzene rings is 2. The molecule has 3 N–H and O–H groups in total. The highest BCUT2D eigenvalue weighted by molar-refractivity contribution is 7.80. The minimum Gasteiger partial charge on any atom is -0.389 e. The van der Waals surface area contributed by atoms with Gasteiger partial charge in [0.05, 0.1) is 0 Å². The summed E-state index contributed by atoms with van der Waals surface area (Å²) >= 11 is 5.08. The maximum absolute atomic E-state index is 13.3. The highest BCUT2D eigenvalue weighted by atomic mass is 32.1. The van der Waals surface area contributed by atoms with Crippen molar-refractivity contribution in [1.82, 2.24) is 0 Å². The number of halogens is 1. The average molecular weight is 288 g/mol. The SMILES string of the molecule is Cc1cccc(C(N)=S)c1NC(C)c1cccc(F)c1. The Morgan fingerprint density at radius 2 is 1.95 bits per heavy atom. The van der Waals surface area contributed by atoms with Gasteiger partial charge in [0.1, 0.15) is 10.8 Å². The molecule has 0 saturated heterocycles. The lowest BCUT2D eigenvalue weighted by Gasteiger charge is -2.20. The van der Waals surface area contributed by atoms with Crippen LogP contribution in [0.2, 0.25) is 0 Å². The van der Waals surface area contributed by atoms with Gasteiger partial charge in [-0.3, -0.25) is 0 Å². The zero-order valence-corrected chi connectivity index (χ0v) is 12.3. The van der Waals surface area contributed by atoms with Crippen molar-refractivity contribution < 1.29 is 4.39 Å². The van der Waals surface area contributed by atoms with Crippen LogP contribution >= 0.6 is 12.2 Å². The Kier molecular flexibility index (Phi) is 4.35. The minimum absolute atomic E-state index is 0.0418. The molecule has 0 fully saturated rings. The van der Waals surface area contributed by atoms with Gasteiger partial charge in [-0.15, -0.1) is 0 Å². The minimum atomic E-state index is -0.240. The Morgan fingerprint density at radius 3 is 2.60 bits per heavy atom. The lowest BCUT2D eigenvalue weighted by molar-refractivity contribution is 0.623. The molecule has 2 rings (SSSR count). The van der Waals surface area contributed by atoms with Crippen molar-refractivity contribution in [3.8, 4) is 0 Å². The second-order valence-electron chi connectivity index (χ2n) is 4.78. The van der Waals surface area contributed by atoms with Gasteiger partial charge in [-0.05, 0) is 43.2 Å². The van der Waals surface area contributed by atoms with Crippen molar-refractivity contribution >= 4 is 22.9 Å². The van der Waals surface area contributed by atoms with Crippen LogP contribution in [0.4, 0.5) is 10.1 Å². The van der Waals surface area contributed by atoms with Crippen molar-refractivity contribution in [3.63, 3.8) is 0 Å². The summed E-state index contributed by atoms with van der Waals surface area (Å²) in [6.07, 6.45) is 0. The first-order valence-electron chi connectivity index (χ1n) is 6.40. The van der Waals surface area contributed by atoms with Crippen molar-refractivity contribution in [2.75, 3.05) is 5.32 Å². The summed E-state index contributed by atoms with van der Waals surface area (Å²) in [6.45, 7) is 3.97. The van der Waals surface area contributed by atoms with Crippen LogP contribution in [0.5, 0.6) is 0 Å². The number of aryl methyl sites for hydroxylation is 1. The van der Waals surface area contributed by atoms with E-state index in [4.69, 9.17) is 18.0 Å². The van der Waals surface area contributed by atoms with Gasteiger partial charge < -0.3 is 11.1 Å². The van der Waals surface area contributed by atoms with Crippen LogP contribution in [0.1, 0.15) is 29.7 Å². The zero-order valence-electron chi connectivity index (χ0n) is 11.5. The molecule has 0 aliphatic rings. The number of hydrogen-bond acceptors (Lipinski definition) is 2. The van der Waals surface area contributed by atoms with Crippen molar-refractivity contribution in [1.29, 1.82) is 0 Å². The third kappa shape index (κ3) is 3.14. The largest absolute Gasteiger partial charge is 0.389 e. The Balaban J connectivity index is 2.32. The van der Waals surface area contributed by atoms with Crippen LogP contribution in [0.15, 0.2) is 42.5 Å². The molecule has 0 aromatic heterocycles. The maximum Gasteiger partial charge on any atom is 0.123 e. The molecule has 2 aromatic rings. The van der Waals surface area contributed by atoms with Crippen LogP contribution < -0.4 is 11.1 Å². The molecule has 0 bridgehead atoms. The van der Waals surface area contributed by atoms with Gasteiger partial charge in [0, 0.05) is 17.3 Å². The predicted octanol–water partition coefficient (Wildman–Crippen LogP) is 3.94. The fraction of sp³-hybridized carbons (Fsp3) is 0.188.